The fraction of sp³-hybridized carbons (Fsp3) is 0.333. The monoisotopic (exact) mass is 286 g/mol. The predicted octanol–water partition coefficient (Wildman–Crippen LogP) is 3.60. The number of rotatable bonds is 4. The number of ether oxygens (including phenoxy) is 1. The Morgan fingerprint density at radius 3 is 2.90 bits per heavy atom. The van der Waals surface area contributed by atoms with Crippen LogP contribution in [0.1, 0.15) is 30.0 Å². The minimum atomic E-state index is -1.03. The van der Waals surface area contributed by atoms with Gasteiger partial charge in [-0.1, -0.05) is 24.3 Å². The van der Waals surface area contributed by atoms with Gasteiger partial charge in [0.1, 0.15) is 11.6 Å². The van der Waals surface area contributed by atoms with Crippen molar-refractivity contribution in [1.82, 2.24) is 0 Å². The summed E-state index contributed by atoms with van der Waals surface area (Å²) in [6.07, 6.45) is 2.25. The molecule has 3 rings (SSSR count). The Balaban J connectivity index is 1.71. The third kappa shape index (κ3) is 3.08. The van der Waals surface area contributed by atoms with Crippen molar-refractivity contribution in [3.05, 3.63) is 65.0 Å². The first-order valence-electron chi connectivity index (χ1n) is 7.28. The van der Waals surface area contributed by atoms with E-state index < -0.39 is 5.60 Å². The Bertz CT molecular complexity index is 649. The van der Waals surface area contributed by atoms with Crippen LogP contribution in [0.5, 0.6) is 5.75 Å². The van der Waals surface area contributed by atoms with Gasteiger partial charge in [-0.3, -0.25) is 0 Å². The number of benzene rings is 2. The maximum absolute atomic E-state index is 13.3. The highest BCUT2D eigenvalue weighted by Crippen LogP contribution is 2.29. The Labute approximate surface area is 124 Å². The number of halogens is 1. The van der Waals surface area contributed by atoms with E-state index in [0.29, 0.717) is 12.0 Å². The Morgan fingerprint density at radius 2 is 2.10 bits per heavy atom. The lowest BCUT2D eigenvalue weighted by Crippen LogP contribution is -2.22. The van der Waals surface area contributed by atoms with Gasteiger partial charge in [-0.2, -0.15) is 0 Å². The summed E-state index contributed by atoms with van der Waals surface area (Å²) in [4.78, 5) is 0. The zero-order valence-corrected chi connectivity index (χ0v) is 12.1. The molecule has 0 radical (unpaired) electrons. The number of fused-ring (bicyclic) bond motifs is 1. The summed E-state index contributed by atoms with van der Waals surface area (Å²) in [5, 5.41) is 10.6. The van der Waals surface area contributed by atoms with Gasteiger partial charge in [-0.25, -0.2) is 4.39 Å². The molecule has 1 unspecified atom stereocenters. The lowest BCUT2D eigenvalue weighted by molar-refractivity contribution is 0.0477. The molecular weight excluding hydrogens is 267 g/mol. The molecule has 1 N–H and O–H groups in total. The average Bonchev–Trinajstić information content (AvgIpc) is 2.93. The van der Waals surface area contributed by atoms with Crippen LogP contribution in [-0.2, 0) is 18.4 Å². The van der Waals surface area contributed by atoms with Crippen molar-refractivity contribution in [2.75, 3.05) is 6.61 Å². The molecule has 0 amide bonds. The molecule has 1 aliphatic heterocycles. The third-order valence-corrected chi connectivity index (χ3v) is 4.10. The quantitative estimate of drug-likeness (QED) is 0.930. The summed E-state index contributed by atoms with van der Waals surface area (Å²) >= 11 is 0. The smallest absolute Gasteiger partial charge is 0.123 e. The SMILES string of the molecule is CC(O)(CCc1ccc2c(c1)CCO2)c1cccc(F)c1. The van der Waals surface area contributed by atoms with Crippen molar-refractivity contribution in [3.63, 3.8) is 0 Å². The van der Waals surface area contributed by atoms with Crippen LogP contribution in [0.4, 0.5) is 4.39 Å². The van der Waals surface area contributed by atoms with E-state index in [4.69, 9.17) is 4.74 Å². The van der Waals surface area contributed by atoms with Crippen molar-refractivity contribution in [3.8, 4) is 5.75 Å². The summed E-state index contributed by atoms with van der Waals surface area (Å²) in [5.41, 5.74) is 2.00. The summed E-state index contributed by atoms with van der Waals surface area (Å²) in [7, 11) is 0. The van der Waals surface area contributed by atoms with Crippen LogP contribution in [0, 0.1) is 5.82 Å². The molecule has 0 saturated heterocycles. The summed E-state index contributed by atoms with van der Waals surface area (Å²) in [6, 6.07) is 12.4. The minimum absolute atomic E-state index is 0.317. The van der Waals surface area contributed by atoms with Crippen molar-refractivity contribution < 1.29 is 14.2 Å². The first-order chi connectivity index (χ1) is 10.0. The van der Waals surface area contributed by atoms with Gasteiger partial charge in [0.05, 0.1) is 12.2 Å². The average molecular weight is 286 g/mol. The molecule has 2 aromatic rings. The van der Waals surface area contributed by atoms with E-state index in [1.807, 2.05) is 12.1 Å². The highest BCUT2D eigenvalue weighted by Gasteiger charge is 2.23. The molecule has 0 aromatic heterocycles. The second-order valence-corrected chi connectivity index (χ2v) is 5.82. The number of hydrogen-bond acceptors (Lipinski definition) is 2. The Morgan fingerprint density at radius 1 is 1.24 bits per heavy atom. The molecule has 0 bridgehead atoms. The molecule has 0 saturated carbocycles. The largest absolute Gasteiger partial charge is 0.493 e. The fourth-order valence-corrected chi connectivity index (χ4v) is 2.75. The molecule has 2 nitrogen and oxygen atoms in total. The third-order valence-electron chi connectivity index (χ3n) is 4.10. The normalized spacial score (nSPS) is 16.1. The van der Waals surface area contributed by atoms with E-state index in [0.717, 1.165) is 25.2 Å². The standard InChI is InChI=1S/C18H19FO2/c1-18(20,15-3-2-4-16(19)12-15)9-7-13-5-6-17-14(11-13)8-10-21-17/h2-6,11-12,20H,7-10H2,1H3. The number of aryl methyl sites for hydroxylation is 1. The molecule has 2 aromatic carbocycles. The molecule has 0 aliphatic carbocycles. The van der Waals surface area contributed by atoms with Gasteiger partial charge >= 0.3 is 0 Å². The van der Waals surface area contributed by atoms with Crippen molar-refractivity contribution >= 4 is 0 Å². The van der Waals surface area contributed by atoms with Crippen LogP contribution in [0.15, 0.2) is 42.5 Å². The molecule has 3 heteroatoms. The highest BCUT2D eigenvalue weighted by molar-refractivity contribution is 5.40. The highest BCUT2D eigenvalue weighted by atomic mass is 19.1. The molecule has 110 valence electrons. The molecule has 1 aliphatic rings. The predicted molar refractivity (Wildman–Crippen MR) is 79.9 cm³/mol. The van der Waals surface area contributed by atoms with Crippen LogP contribution < -0.4 is 4.74 Å². The molecular formula is C18H19FO2. The second kappa shape index (κ2) is 5.49. The molecule has 0 spiro atoms. The Kier molecular flexibility index (Phi) is 3.68. The van der Waals surface area contributed by atoms with Crippen LogP contribution in [0.2, 0.25) is 0 Å². The van der Waals surface area contributed by atoms with Gasteiger partial charge in [0.25, 0.3) is 0 Å². The minimum Gasteiger partial charge on any atom is -0.493 e. The summed E-state index contributed by atoms with van der Waals surface area (Å²) in [6.45, 7) is 2.48. The van der Waals surface area contributed by atoms with Crippen molar-refractivity contribution in [2.24, 2.45) is 0 Å². The zero-order valence-electron chi connectivity index (χ0n) is 12.1. The zero-order chi connectivity index (χ0) is 14.9. The lowest BCUT2D eigenvalue weighted by Gasteiger charge is -2.24. The fourth-order valence-electron chi connectivity index (χ4n) is 2.75. The van der Waals surface area contributed by atoms with Crippen LogP contribution in [0.3, 0.4) is 0 Å². The van der Waals surface area contributed by atoms with Gasteiger partial charge in [0.15, 0.2) is 0 Å². The van der Waals surface area contributed by atoms with Crippen LogP contribution in [0.25, 0.3) is 0 Å². The number of aliphatic hydroxyl groups is 1. The second-order valence-electron chi connectivity index (χ2n) is 5.82. The molecule has 21 heavy (non-hydrogen) atoms. The van der Waals surface area contributed by atoms with E-state index in [1.54, 1.807) is 19.1 Å². The van der Waals surface area contributed by atoms with Gasteiger partial charge in [0, 0.05) is 6.42 Å². The van der Waals surface area contributed by atoms with E-state index >= 15 is 0 Å². The summed E-state index contributed by atoms with van der Waals surface area (Å²) in [5.74, 6) is 0.651. The van der Waals surface area contributed by atoms with E-state index in [-0.39, 0.29) is 5.82 Å². The molecule has 0 fully saturated rings. The topological polar surface area (TPSA) is 29.5 Å². The van der Waals surface area contributed by atoms with E-state index in [1.165, 1.54) is 23.3 Å². The van der Waals surface area contributed by atoms with Gasteiger partial charge in [0.2, 0.25) is 0 Å². The lowest BCUT2D eigenvalue weighted by atomic mass is 9.89. The van der Waals surface area contributed by atoms with Crippen molar-refractivity contribution in [1.29, 1.82) is 0 Å². The number of hydrogen-bond donors (Lipinski definition) is 1. The van der Waals surface area contributed by atoms with Gasteiger partial charge in [-0.15, -0.1) is 0 Å². The van der Waals surface area contributed by atoms with Crippen LogP contribution in [-0.4, -0.2) is 11.7 Å². The molecule has 1 heterocycles. The molecule has 1 atom stereocenters. The Hall–Kier alpha value is -1.87. The van der Waals surface area contributed by atoms with E-state index in [2.05, 4.69) is 6.07 Å². The van der Waals surface area contributed by atoms with Gasteiger partial charge < -0.3 is 9.84 Å². The maximum atomic E-state index is 13.3. The van der Waals surface area contributed by atoms with Gasteiger partial charge in [-0.05, 0) is 54.7 Å². The maximum Gasteiger partial charge on any atom is 0.123 e. The first kappa shape index (κ1) is 14.1. The van der Waals surface area contributed by atoms with E-state index in [9.17, 15) is 9.50 Å². The van der Waals surface area contributed by atoms with Crippen LogP contribution >= 0.6 is 0 Å². The first-order valence-corrected chi connectivity index (χ1v) is 7.28. The van der Waals surface area contributed by atoms with Crippen molar-refractivity contribution in [2.45, 2.75) is 31.8 Å². The summed E-state index contributed by atoms with van der Waals surface area (Å²) < 4.78 is 18.8.